The van der Waals surface area contributed by atoms with E-state index in [1.807, 2.05) is 31.2 Å². The summed E-state index contributed by atoms with van der Waals surface area (Å²) >= 11 is 0. The first-order chi connectivity index (χ1) is 12.4. The van der Waals surface area contributed by atoms with Crippen molar-refractivity contribution in [3.8, 4) is 5.75 Å². The summed E-state index contributed by atoms with van der Waals surface area (Å²) in [4.78, 5) is 22.3. The maximum Gasteiger partial charge on any atom is 0.270 e. The average Bonchev–Trinajstić information content (AvgIpc) is 3.06. The third kappa shape index (κ3) is 3.80. The maximum atomic E-state index is 11.8. The highest BCUT2D eigenvalue weighted by atomic mass is 16.6. The summed E-state index contributed by atoms with van der Waals surface area (Å²) in [6, 6.07) is 13.4. The van der Waals surface area contributed by atoms with Crippen LogP contribution in [0.2, 0.25) is 0 Å². The number of nitro groups is 1. The monoisotopic (exact) mass is 355 g/mol. The molecule has 0 saturated carbocycles. The minimum atomic E-state index is -0.747. The third-order valence-corrected chi connectivity index (χ3v) is 3.76. The first kappa shape index (κ1) is 17.4. The van der Waals surface area contributed by atoms with Crippen LogP contribution in [0.5, 0.6) is 5.75 Å². The van der Waals surface area contributed by atoms with Crippen molar-refractivity contribution >= 4 is 17.5 Å². The SMILES string of the molecule is CC(=O)N1N=C(c2cccc([N+](=O)[O-])c2)O[C@@H]1COc1ccc(C)cc1. The van der Waals surface area contributed by atoms with Gasteiger partial charge in [0.05, 0.1) is 4.92 Å². The average molecular weight is 355 g/mol. The number of nitrogens with zero attached hydrogens (tertiary/aromatic N) is 3. The highest BCUT2D eigenvalue weighted by Gasteiger charge is 2.32. The molecule has 8 nitrogen and oxygen atoms in total. The molecule has 0 aliphatic carbocycles. The van der Waals surface area contributed by atoms with Crippen LogP contribution in [0.3, 0.4) is 0 Å². The summed E-state index contributed by atoms with van der Waals surface area (Å²) in [6.07, 6.45) is -0.747. The van der Waals surface area contributed by atoms with E-state index in [4.69, 9.17) is 9.47 Å². The van der Waals surface area contributed by atoms with Crippen molar-refractivity contribution in [1.82, 2.24) is 5.01 Å². The van der Waals surface area contributed by atoms with Crippen molar-refractivity contribution < 1.29 is 19.2 Å². The molecule has 0 saturated heterocycles. The van der Waals surface area contributed by atoms with Crippen LogP contribution in [0.25, 0.3) is 0 Å². The highest BCUT2D eigenvalue weighted by Crippen LogP contribution is 2.22. The van der Waals surface area contributed by atoms with Crippen molar-refractivity contribution in [3.63, 3.8) is 0 Å². The van der Waals surface area contributed by atoms with Crippen molar-refractivity contribution in [3.05, 3.63) is 69.8 Å². The van der Waals surface area contributed by atoms with Gasteiger partial charge in [0.25, 0.3) is 5.69 Å². The third-order valence-electron chi connectivity index (χ3n) is 3.76. The molecule has 2 aromatic rings. The fourth-order valence-corrected chi connectivity index (χ4v) is 2.42. The Hall–Kier alpha value is -3.42. The Labute approximate surface area is 149 Å². The first-order valence-corrected chi connectivity index (χ1v) is 7.93. The molecule has 1 aliphatic rings. The van der Waals surface area contributed by atoms with Crippen LogP contribution in [-0.4, -0.2) is 34.6 Å². The molecule has 1 heterocycles. The first-order valence-electron chi connectivity index (χ1n) is 7.93. The van der Waals surface area contributed by atoms with Crippen LogP contribution in [0.15, 0.2) is 53.6 Å². The second-order valence-electron chi connectivity index (χ2n) is 5.77. The zero-order valence-electron chi connectivity index (χ0n) is 14.3. The van der Waals surface area contributed by atoms with Crippen LogP contribution < -0.4 is 4.74 Å². The van der Waals surface area contributed by atoms with Crippen molar-refractivity contribution in [1.29, 1.82) is 0 Å². The van der Waals surface area contributed by atoms with Gasteiger partial charge < -0.3 is 9.47 Å². The van der Waals surface area contributed by atoms with Gasteiger partial charge in [0, 0.05) is 24.6 Å². The smallest absolute Gasteiger partial charge is 0.270 e. The number of ether oxygens (including phenoxy) is 2. The van der Waals surface area contributed by atoms with Crippen molar-refractivity contribution in [2.24, 2.45) is 5.10 Å². The Morgan fingerprint density at radius 1 is 1.31 bits per heavy atom. The lowest BCUT2D eigenvalue weighted by Gasteiger charge is -2.19. The normalized spacial score (nSPS) is 16.0. The summed E-state index contributed by atoms with van der Waals surface area (Å²) in [6.45, 7) is 3.41. The molecule has 1 aliphatic heterocycles. The van der Waals surface area contributed by atoms with Crippen molar-refractivity contribution in [2.45, 2.75) is 20.1 Å². The zero-order chi connectivity index (χ0) is 18.7. The predicted molar refractivity (Wildman–Crippen MR) is 93.7 cm³/mol. The number of carbonyl (C=O) groups excluding carboxylic acids is 1. The lowest BCUT2D eigenvalue weighted by atomic mass is 10.2. The van der Waals surface area contributed by atoms with Gasteiger partial charge in [-0.15, -0.1) is 5.10 Å². The van der Waals surface area contributed by atoms with Gasteiger partial charge in [-0.05, 0) is 25.1 Å². The lowest BCUT2D eigenvalue weighted by Crippen LogP contribution is -2.36. The fraction of sp³-hybridized carbons (Fsp3) is 0.222. The van der Waals surface area contributed by atoms with E-state index in [1.165, 1.54) is 30.1 Å². The second kappa shape index (κ2) is 7.22. The van der Waals surface area contributed by atoms with Crippen molar-refractivity contribution in [2.75, 3.05) is 6.61 Å². The number of hydrogen-bond donors (Lipinski definition) is 0. The molecule has 0 fully saturated rings. The number of hydrogen-bond acceptors (Lipinski definition) is 6. The van der Waals surface area contributed by atoms with Gasteiger partial charge in [-0.25, -0.2) is 0 Å². The number of benzene rings is 2. The molecule has 0 N–H and O–H groups in total. The molecule has 8 heteroatoms. The zero-order valence-corrected chi connectivity index (χ0v) is 14.3. The highest BCUT2D eigenvalue weighted by molar-refractivity contribution is 5.96. The van der Waals surface area contributed by atoms with E-state index < -0.39 is 11.2 Å². The molecule has 1 amide bonds. The van der Waals surface area contributed by atoms with Gasteiger partial charge in [0.1, 0.15) is 12.4 Å². The van der Waals surface area contributed by atoms with Crippen LogP contribution in [0, 0.1) is 17.0 Å². The number of non-ortho nitro benzene ring substituents is 1. The Kier molecular flexibility index (Phi) is 4.83. The molecule has 0 unspecified atom stereocenters. The van der Waals surface area contributed by atoms with Gasteiger partial charge >= 0.3 is 0 Å². The van der Waals surface area contributed by atoms with Gasteiger partial charge in [-0.3, -0.25) is 14.9 Å². The van der Waals surface area contributed by atoms with E-state index in [2.05, 4.69) is 5.10 Å². The summed E-state index contributed by atoms with van der Waals surface area (Å²) in [5.41, 5.74) is 1.45. The van der Waals surface area contributed by atoms with Gasteiger partial charge in [0.2, 0.25) is 18.0 Å². The molecule has 1 atom stereocenters. The van der Waals surface area contributed by atoms with E-state index in [0.717, 1.165) is 5.56 Å². The Balaban J connectivity index is 1.75. The summed E-state index contributed by atoms with van der Waals surface area (Å²) in [5, 5.41) is 16.2. The van der Waals surface area contributed by atoms with Crippen LogP contribution in [0.4, 0.5) is 5.69 Å². The standard InChI is InChI=1S/C18H17N3O5/c1-12-6-8-16(9-7-12)25-11-17-20(13(2)22)19-18(26-17)14-4-3-5-15(10-14)21(23)24/h3-10,17H,11H2,1-2H3/t17-/m1/s1. The van der Waals surface area contributed by atoms with Gasteiger partial charge in [0.15, 0.2) is 0 Å². The molecule has 26 heavy (non-hydrogen) atoms. The molecule has 2 aromatic carbocycles. The Morgan fingerprint density at radius 2 is 2.04 bits per heavy atom. The number of aryl methyl sites for hydroxylation is 1. The largest absolute Gasteiger partial charge is 0.488 e. The maximum absolute atomic E-state index is 11.8. The number of amides is 1. The Bertz CT molecular complexity index is 863. The number of carbonyl (C=O) groups is 1. The van der Waals surface area contributed by atoms with Crippen LogP contribution in [0.1, 0.15) is 18.1 Å². The van der Waals surface area contributed by atoms with E-state index >= 15 is 0 Å². The molecular weight excluding hydrogens is 338 g/mol. The molecule has 134 valence electrons. The minimum Gasteiger partial charge on any atom is -0.488 e. The number of hydrazone groups is 1. The van der Waals surface area contributed by atoms with Crippen LogP contribution >= 0.6 is 0 Å². The van der Waals surface area contributed by atoms with Gasteiger partial charge in [-0.2, -0.15) is 5.01 Å². The van der Waals surface area contributed by atoms with E-state index in [-0.39, 0.29) is 24.1 Å². The molecule has 0 spiro atoms. The van der Waals surface area contributed by atoms with Crippen LogP contribution in [-0.2, 0) is 9.53 Å². The quantitative estimate of drug-likeness (QED) is 0.607. The fourth-order valence-electron chi connectivity index (χ4n) is 2.42. The van der Waals surface area contributed by atoms with E-state index in [1.54, 1.807) is 6.07 Å². The molecular formula is C18H17N3O5. The number of nitro benzene ring substituents is 1. The molecule has 0 aromatic heterocycles. The number of rotatable bonds is 5. The molecule has 0 radical (unpaired) electrons. The van der Waals surface area contributed by atoms with E-state index in [9.17, 15) is 14.9 Å². The lowest BCUT2D eigenvalue weighted by molar-refractivity contribution is -0.384. The Morgan fingerprint density at radius 3 is 2.69 bits per heavy atom. The summed E-state index contributed by atoms with van der Waals surface area (Å²) in [5.74, 6) is 0.468. The predicted octanol–water partition coefficient (Wildman–Crippen LogP) is 2.85. The summed E-state index contributed by atoms with van der Waals surface area (Å²) in [7, 11) is 0. The van der Waals surface area contributed by atoms with Gasteiger partial charge in [-0.1, -0.05) is 23.8 Å². The summed E-state index contributed by atoms with van der Waals surface area (Å²) < 4.78 is 11.4. The topological polar surface area (TPSA) is 94.3 Å². The van der Waals surface area contributed by atoms with E-state index in [0.29, 0.717) is 11.3 Å². The molecule has 0 bridgehead atoms. The second-order valence-corrected chi connectivity index (χ2v) is 5.77. The minimum absolute atomic E-state index is 0.0740. The molecule has 3 rings (SSSR count).